The van der Waals surface area contributed by atoms with Crippen molar-refractivity contribution in [3.63, 3.8) is 0 Å². The number of hydrogen-bond acceptors (Lipinski definition) is 4. The molecule has 1 saturated heterocycles. The number of para-hydroxylation sites is 1. The minimum absolute atomic E-state index is 0.236. The Morgan fingerprint density at radius 2 is 2.17 bits per heavy atom. The predicted molar refractivity (Wildman–Crippen MR) is 93.4 cm³/mol. The van der Waals surface area contributed by atoms with E-state index in [-0.39, 0.29) is 6.10 Å². The van der Waals surface area contributed by atoms with Gasteiger partial charge in [0.25, 0.3) is 0 Å². The Hall–Kier alpha value is -1.62. The largest absolute Gasteiger partial charge is 0.489 e. The SMILES string of the molecule is Clc1nc2c(cc1CN1CC[C@@H](Oc3ccccc3)C1)COCC2. The van der Waals surface area contributed by atoms with Crippen LogP contribution in [0.3, 0.4) is 0 Å². The molecule has 2 aliphatic heterocycles. The molecule has 1 aromatic carbocycles. The fourth-order valence-electron chi connectivity index (χ4n) is 3.39. The topological polar surface area (TPSA) is 34.6 Å². The van der Waals surface area contributed by atoms with Gasteiger partial charge in [-0.1, -0.05) is 29.8 Å². The van der Waals surface area contributed by atoms with Crippen LogP contribution < -0.4 is 4.74 Å². The molecule has 0 saturated carbocycles. The molecule has 2 aromatic rings. The lowest BCUT2D eigenvalue weighted by Crippen LogP contribution is -2.25. The molecule has 5 heteroatoms. The quantitative estimate of drug-likeness (QED) is 0.795. The van der Waals surface area contributed by atoms with E-state index in [4.69, 9.17) is 21.1 Å². The van der Waals surface area contributed by atoms with E-state index < -0.39 is 0 Å². The molecule has 0 N–H and O–H groups in total. The number of benzene rings is 1. The average Bonchev–Trinajstić information content (AvgIpc) is 3.03. The van der Waals surface area contributed by atoms with Crippen LogP contribution >= 0.6 is 11.6 Å². The van der Waals surface area contributed by atoms with Crippen LogP contribution in [-0.4, -0.2) is 35.7 Å². The number of aromatic nitrogens is 1. The molecule has 1 atom stereocenters. The number of nitrogens with zero attached hydrogens (tertiary/aromatic N) is 2. The lowest BCUT2D eigenvalue weighted by atomic mass is 10.1. The van der Waals surface area contributed by atoms with Gasteiger partial charge in [0, 0.05) is 37.3 Å². The Bertz CT molecular complexity index is 708. The second-order valence-electron chi connectivity index (χ2n) is 6.42. The van der Waals surface area contributed by atoms with Crippen molar-refractivity contribution in [2.45, 2.75) is 32.1 Å². The Morgan fingerprint density at radius 1 is 1.29 bits per heavy atom. The summed E-state index contributed by atoms with van der Waals surface area (Å²) in [6, 6.07) is 12.2. The Balaban J connectivity index is 1.40. The third-order valence-corrected chi connectivity index (χ3v) is 4.95. The van der Waals surface area contributed by atoms with E-state index in [0.29, 0.717) is 11.8 Å². The summed E-state index contributed by atoms with van der Waals surface area (Å²) < 4.78 is 11.6. The van der Waals surface area contributed by atoms with Crippen LogP contribution in [0.1, 0.15) is 23.2 Å². The number of pyridine rings is 1. The van der Waals surface area contributed by atoms with Gasteiger partial charge in [-0.3, -0.25) is 4.90 Å². The number of hydrogen-bond donors (Lipinski definition) is 0. The molecule has 0 bridgehead atoms. The third-order valence-electron chi connectivity index (χ3n) is 4.63. The Morgan fingerprint density at radius 3 is 3.04 bits per heavy atom. The molecule has 0 aliphatic carbocycles. The molecule has 0 amide bonds. The van der Waals surface area contributed by atoms with Gasteiger partial charge in [-0.25, -0.2) is 4.98 Å². The monoisotopic (exact) mass is 344 g/mol. The van der Waals surface area contributed by atoms with E-state index in [1.54, 1.807) is 0 Å². The van der Waals surface area contributed by atoms with Gasteiger partial charge in [-0.05, 0) is 30.2 Å². The summed E-state index contributed by atoms with van der Waals surface area (Å²) in [6.45, 7) is 4.13. The van der Waals surface area contributed by atoms with Crippen LogP contribution in [-0.2, 0) is 24.3 Å². The smallest absolute Gasteiger partial charge is 0.133 e. The maximum Gasteiger partial charge on any atom is 0.133 e. The first kappa shape index (κ1) is 15.9. The summed E-state index contributed by atoms with van der Waals surface area (Å²) in [4.78, 5) is 6.95. The Labute approximate surface area is 147 Å². The fourth-order valence-corrected chi connectivity index (χ4v) is 3.60. The van der Waals surface area contributed by atoms with Crippen molar-refractivity contribution < 1.29 is 9.47 Å². The number of likely N-dealkylation sites (tertiary alicyclic amines) is 1. The first-order valence-corrected chi connectivity index (χ1v) is 8.85. The first-order chi connectivity index (χ1) is 11.8. The van der Waals surface area contributed by atoms with Gasteiger partial charge in [-0.15, -0.1) is 0 Å². The molecule has 1 aromatic heterocycles. The standard InChI is InChI=1S/C19H21ClN2O2/c20-19-14(10-15-13-23-9-7-18(15)21-19)11-22-8-6-17(12-22)24-16-4-2-1-3-5-16/h1-5,10,17H,6-9,11-13H2/t17-/m1/s1. The van der Waals surface area contributed by atoms with E-state index in [0.717, 1.165) is 56.1 Å². The molecule has 126 valence electrons. The maximum absolute atomic E-state index is 6.40. The van der Waals surface area contributed by atoms with Crippen molar-refractivity contribution in [3.05, 3.63) is 58.4 Å². The van der Waals surface area contributed by atoms with E-state index in [2.05, 4.69) is 16.0 Å². The highest BCUT2D eigenvalue weighted by molar-refractivity contribution is 6.30. The van der Waals surface area contributed by atoms with Crippen molar-refractivity contribution in [3.8, 4) is 5.75 Å². The number of rotatable bonds is 4. The van der Waals surface area contributed by atoms with Crippen molar-refractivity contribution in [1.29, 1.82) is 0 Å². The molecule has 1 fully saturated rings. The highest BCUT2D eigenvalue weighted by Crippen LogP contribution is 2.25. The maximum atomic E-state index is 6.40. The van der Waals surface area contributed by atoms with Gasteiger partial charge in [0.15, 0.2) is 0 Å². The van der Waals surface area contributed by atoms with Crippen LogP contribution in [0.15, 0.2) is 36.4 Å². The molecule has 4 nitrogen and oxygen atoms in total. The summed E-state index contributed by atoms with van der Waals surface area (Å²) in [5, 5.41) is 0.628. The number of fused-ring (bicyclic) bond motifs is 1. The molecular weight excluding hydrogens is 324 g/mol. The van der Waals surface area contributed by atoms with E-state index in [1.807, 2.05) is 30.3 Å². The van der Waals surface area contributed by atoms with Crippen LogP contribution in [0.5, 0.6) is 5.75 Å². The summed E-state index contributed by atoms with van der Waals surface area (Å²) in [6.07, 6.45) is 2.13. The van der Waals surface area contributed by atoms with Gasteiger partial charge in [0.1, 0.15) is 17.0 Å². The molecule has 24 heavy (non-hydrogen) atoms. The van der Waals surface area contributed by atoms with Crippen molar-refractivity contribution in [2.24, 2.45) is 0 Å². The van der Waals surface area contributed by atoms with Gasteiger partial charge in [-0.2, -0.15) is 0 Å². The van der Waals surface area contributed by atoms with Gasteiger partial charge in [0.05, 0.1) is 13.2 Å². The highest BCUT2D eigenvalue weighted by atomic mass is 35.5. The summed E-state index contributed by atoms with van der Waals surface area (Å²) in [7, 11) is 0. The van der Waals surface area contributed by atoms with Crippen molar-refractivity contribution >= 4 is 11.6 Å². The second-order valence-corrected chi connectivity index (χ2v) is 6.78. The first-order valence-electron chi connectivity index (χ1n) is 8.47. The zero-order valence-electron chi connectivity index (χ0n) is 13.6. The summed E-state index contributed by atoms with van der Waals surface area (Å²) >= 11 is 6.40. The van der Waals surface area contributed by atoms with Crippen molar-refractivity contribution in [1.82, 2.24) is 9.88 Å². The van der Waals surface area contributed by atoms with Gasteiger partial charge < -0.3 is 9.47 Å². The minimum Gasteiger partial charge on any atom is -0.489 e. The number of halogens is 1. The van der Waals surface area contributed by atoms with Gasteiger partial charge >= 0.3 is 0 Å². The average molecular weight is 345 g/mol. The van der Waals surface area contributed by atoms with Crippen LogP contribution in [0.4, 0.5) is 0 Å². The third kappa shape index (κ3) is 3.56. The van der Waals surface area contributed by atoms with Crippen LogP contribution in [0, 0.1) is 0 Å². The van der Waals surface area contributed by atoms with E-state index in [9.17, 15) is 0 Å². The van der Waals surface area contributed by atoms with Crippen LogP contribution in [0.25, 0.3) is 0 Å². The lowest BCUT2D eigenvalue weighted by molar-refractivity contribution is 0.109. The zero-order chi connectivity index (χ0) is 16.4. The van der Waals surface area contributed by atoms with Crippen molar-refractivity contribution in [2.75, 3.05) is 19.7 Å². The molecule has 2 aliphatic rings. The lowest BCUT2D eigenvalue weighted by Gasteiger charge is -2.20. The fraction of sp³-hybridized carbons (Fsp3) is 0.421. The normalized spacial score (nSPS) is 20.8. The van der Waals surface area contributed by atoms with E-state index in [1.165, 1.54) is 5.56 Å². The van der Waals surface area contributed by atoms with Crippen LogP contribution in [0.2, 0.25) is 5.15 Å². The molecule has 4 rings (SSSR count). The minimum atomic E-state index is 0.236. The number of ether oxygens (including phenoxy) is 2. The van der Waals surface area contributed by atoms with Gasteiger partial charge in [0.2, 0.25) is 0 Å². The second kappa shape index (κ2) is 7.09. The summed E-state index contributed by atoms with van der Waals surface area (Å²) in [5.74, 6) is 0.940. The molecule has 0 spiro atoms. The predicted octanol–water partition coefficient (Wildman–Crippen LogP) is 3.46. The van der Waals surface area contributed by atoms with E-state index >= 15 is 0 Å². The zero-order valence-corrected chi connectivity index (χ0v) is 14.3. The molecule has 0 radical (unpaired) electrons. The molecule has 3 heterocycles. The highest BCUT2D eigenvalue weighted by Gasteiger charge is 2.25. The molecule has 0 unspecified atom stereocenters. The molecular formula is C19H21ClN2O2. The Kier molecular flexibility index (Phi) is 4.69. The summed E-state index contributed by atoms with van der Waals surface area (Å²) in [5.41, 5.74) is 3.35.